The maximum Gasteiger partial charge on any atom is 0.244 e. The van der Waals surface area contributed by atoms with Gasteiger partial charge in [-0.15, -0.1) is 0 Å². The van der Waals surface area contributed by atoms with Crippen molar-refractivity contribution < 1.29 is 26.7 Å². The highest BCUT2D eigenvalue weighted by molar-refractivity contribution is 7.90. The van der Waals surface area contributed by atoms with Gasteiger partial charge in [0.2, 0.25) is 11.9 Å². The van der Waals surface area contributed by atoms with Crippen molar-refractivity contribution in [3.63, 3.8) is 0 Å². The van der Waals surface area contributed by atoms with Crippen LogP contribution in [0.3, 0.4) is 0 Å². The number of sulfone groups is 1. The van der Waals surface area contributed by atoms with Crippen LogP contribution >= 0.6 is 0 Å². The first kappa shape index (κ1) is 30.5. The van der Waals surface area contributed by atoms with Crippen molar-refractivity contribution in [1.82, 2.24) is 24.8 Å². The average molecular weight is 614 g/mol. The lowest BCUT2D eigenvalue weighted by atomic mass is 10.1. The molecule has 1 saturated heterocycles. The van der Waals surface area contributed by atoms with Gasteiger partial charge in [-0.05, 0) is 32.2 Å². The van der Waals surface area contributed by atoms with E-state index in [1.54, 1.807) is 24.4 Å². The van der Waals surface area contributed by atoms with Crippen LogP contribution in [-0.4, -0.2) is 97.8 Å². The second kappa shape index (κ2) is 12.7. The number of aromatic amines is 1. The van der Waals surface area contributed by atoms with Crippen LogP contribution in [-0.2, 0) is 19.4 Å². The van der Waals surface area contributed by atoms with E-state index in [1.165, 1.54) is 12.1 Å². The summed E-state index contributed by atoms with van der Waals surface area (Å²) < 4.78 is 59.4. The van der Waals surface area contributed by atoms with Gasteiger partial charge in [0.05, 0.1) is 29.7 Å². The number of ether oxygens (including phenoxy) is 1. The number of carbonyl (C=O) groups excluding carboxylic acids is 1. The van der Waals surface area contributed by atoms with Gasteiger partial charge in [-0.3, -0.25) is 9.69 Å². The van der Waals surface area contributed by atoms with Gasteiger partial charge >= 0.3 is 0 Å². The number of carbonyl (C=O) groups is 1. The summed E-state index contributed by atoms with van der Waals surface area (Å²) in [6.07, 6.45) is 3.42. The molecule has 3 N–H and O–H groups in total. The number of fused-ring (bicyclic) bond motifs is 1. The minimum Gasteiger partial charge on any atom is -0.380 e. The normalized spacial score (nSPS) is 15.5. The topological polar surface area (TPSA) is 133 Å². The summed E-state index contributed by atoms with van der Waals surface area (Å²) in [5, 5.41) is 6.25. The lowest BCUT2D eigenvalue weighted by Gasteiger charge is -2.37. The van der Waals surface area contributed by atoms with E-state index < -0.39 is 32.4 Å². The van der Waals surface area contributed by atoms with E-state index in [0.717, 1.165) is 44.7 Å². The Morgan fingerprint density at radius 3 is 2.56 bits per heavy atom. The van der Waals surface area contributed by atoms with Crippen molar-refractivity contribution in [2.45, 2.75) is 17.9 Å². The number of aromatic nitrogens is 3. The summed E-state index contributed by atoms with van der Waals surface area (Å²) in [5.41, 5.74) is 1.23. The second-order valence-electron chi connectivity index (χ2n) is 10.3. The van der Waals surface area contributed by atoms with Crippen LogP contribution in [0.4, 0.5) is 26.1 Å². The molecule has 3 heterocycles. The Bertz CT molecular complexity index is 1740. The predicted octanol–water partition coefficient (Wildman–Crippen LogP) is 3.64. The first-order chi connectivity index (χ1) is 20.6. The van der Waals surface area contributed by atoms with Gasteiger partial charge in [-0.1, -0.05) is 18.2 Å². The zero-order chi connectivity index (χ0) is 30.7. The van der Waals surface area contributed by atoms with Crippen LogP contribution in [0.5, 0.6) is 0 Å². The molecule has 14 heteroatoms. The van der Waals surface area contributed by atoms with Gasteiger partial charge in [0.1, 0.15) is 16.6 Å². The number of amides is 1. The SMILES string of the molecule is CCOCC(C(=O)Nc1cccc2c(-c3nc(Nc4cccc(S(C)(=O)=O)c4F)ncc3F)c[nH]c12)N1CCN(C)CC1. The summed E-state index contributed by atoms with van der Waals surface area (Å²) >= 11 is 0. The van der Waals surface area contributed by atoms with Crippen LogP contribution in [0.25, 0.3) is 22.2 Å². The highest BCUT2D eigenvalue weighted by Gasteiger charge is 2.29. The smallest absolute Gasteiger partial charge is 0.244 e. The molecule has 0 saturated carbocycles. The Hall–Kier alpha value is -3.98. The first-order valence-electron chi connectivity index (χ1n) is 13.8. The fourth-order valence-electron chi connectivity index (χ4n) is 5.01. The quantitative estimate of drug-likeness (QED) is 0.245. The third kappa shape index (κ3) is 6.67. The first-order valence-corrected chi connectivity index (χ1v) is 15.7. The molecule has 0 radical (unpaired) electrons. The van der Waals surface area contributed by atoms with Gasteiger partial charge in [0.25, 0.3) is 0 Å². The van der Waals surface area contributed by atoms with Crippen molar-refractivity contribution in [3.05, 3.63) is 60.4 Å². The number of benzene rings is 2. The maximum absolute atomic E-state index is 15.1. The molecule has 228 valence electrons. The highest BCUT2D eigenvalue weighted by atomic mass is 32.2. The molecule has 0 aliphatic carbocycles. The highest BCUT2D eigenvalue weighted by Crippen LogP contribution is 2.34. The zero-order valence-electron chi connectivity index (χ0n) is 24.0. The average Bonchev–Trinajstić information content (AvgIpc) is 3.40. The number of para-hydroxylation sites is 1. The van der Waals surface area contributed by atoms with Crippen molar-refractivity contribution >= 4 is 44.0 Å². The zero-order valence-corrected chi connectivity index (χ0v) is 24.8. The number of rotatable bonds is 10. The Balaban J connectivity index is 1.43. The predicted molar refractivity (Wildman–Crippen MR) is 160 cm³/mol. The number of nitrogens with one attached hydrogen (secondary N) is 3. The van der Waals surface area contributed by atoms with Crippen molar-refractivity contribution in [2.75, 3.05) is 63.3 Å². The molecule has 1 atom stereocenters. The molecule has 4 aromatic rings. The Kier molecular flexibility index (Phi) is 9.01. The number of hydrogen-bond donors (Lipinski definition) is 3. The van der Waals surface area contributed by atoms with Crippen molar-refractivity contribution in [1.29, 1.82) is 0 Å². The molecular formula is C29H33F2N7O4S. The fourth-order valence-corrected chi connectivity index (χ4v) is 5.77. The number of halogens is 2. The summed E-state index contributed by atoms with van der Waals surface area (Å²) in [6, 6.07) is 8.64. The minimum absolute atomic E-state index is 0.0708. The molecule has 1 fully saturated rings. The Morgan fingerprint density at radius 2 is 1.84 bits per heavy atom. The summed E-state index contributed by atoms with van der Waals surface area (Å²) in [5.74, 6) is -2.06. The summed E-state index contributed by atoms with van der Waals surface area (Å²) in [7, 11) is -1.77. The third-order valence-corrected chi connectivity index (χ3v) is 8.46. The molecule has 0 bridgehead atoms. The number of piperazine rings is 1. The number of likely N-dealkylation sites (N-methyl/N-ethyl adjacent to an activating group) is 1. The van der Waals surface area contributed by atoms with E-state index in [-0.39, 0.29) is 29.8 Å². The summed E-state index contributed by atoms with van der Waals surface area (Å²) in [6.45, 7) is 5.81. The van der Waals surface area contributed by atoms with Gasteiger partial charge < -0.3 is 25.3 Å². The monoisotopic (exact) mass is 613 g/mol. The lowest BCUT2D eigenvalue weighted by molar-refractivity contribution is -0.124. The van der Waals surface area contributed by atoms with E-state index in [4.69, 9.17) is 4.74 Å². The Labute approximate surface area is 248 Å². The van der Waals surface area contributed by atoms with E-state index >= 15 is 4.39 Å². The van der Waals surface area contributed by atoms with Crippen molar-refractivity contribution in [2.24, 2.45) is 0 Å². The van der Waals surface area contributed by atoms with Gasteiger partial charge in [-0.25, -0.2) is 27.2 Å². The molecule has 5 rings (SSSR count). The van der Waals surface area contributed by atoms with Gasteiger partial charge in [0.15, 0.2) is 21.5 Å². The van der Waals surface area contributed by atoms with E-state index in [1.807, 2.05) is 14.0 Å². The molecule has 2 aromatic heterocycles. The molecule has 1 aliphatic heterocycles. The molecular weight excluding hydrogens is 580 g/mol. The molecule has 2 aromatic carbocycles. The molecule has 43 heavy (non-hydrogen) atoms. The Morgan fingerprint density at radius 1 is 1.12 bits per heavy atom. The number of anilines is 3. The minimum atomic E-state index is -3.82. The second-order valence-corrected chi connectivity index (χ2v) is 12.3. The molecule has 1 unspecified atom stereocenters. The molecule has 1 amide bonds. The van der Waals surface area contributed by atoms with Gasteiger partial charge in [0, 0.05) is 56.2 Å². The van der Waals surface area contributed by atoms with E-state index in [0.29, 0.717) is 28.8 Å². The standard InChI is InChI=1S/C29H33F2N7O4S/c1-4-42-17-23(38-13-11-37(2)12-14-38)28(39)34-22-9-5-7-18-19(15-32-27(18)22)26-20(30)16-33-29(36-26)35-21-8-6-10-24(25(21)31)43(3,40)41/h5-10,15-16,23,32H,4,11-14,17H2,1-3H3,(H,34,39)(H,33,35,36). The largest absolute Gasteiger partial charge is 0.380 e. The van der Waals surface area contributed by atoms with Crippen LogP contribution < -0.4 is 10.6 Å². The maximum atomic E-state index is 15.1. The molecule has 0 spiro atoms. The third-order valence-electron chi connectivity index (χ3n) is 7.34. The number of hydrogen-bond acceptors (Lipinski definition) is 9. The van der Waals surface area contributed by atoms with Gasteiger partial charge in [-0.2, -0.15) is 0 Å². The van der Waals surface area contributed by atoms with Crippen LogP contribution in [0.1, 0.15) is 6.92 Å². The van der Waals surface area contributed by atoms with Crippen molar-refractivity contribution in [3.8, 4) is 11.3 Å². The van der Waals surface area contributed by atoms with Crippen LogP contribution in [0.15, 0.2) is 53.7 Å². The molecule has 1 aliphatic rings. The van der Waals surface area contributed by atoms with E-state index in [2.05, 4.69) is 35.4 Å². The number of nitrogens with zero attached hydrogens (tertiary/aromatic N) is 4. The molecule has 11 nitrogen and oxygen atoms in total. The fraction of sp³-hybridized carbons (Fsp3) is 0.345. The summed E-state index contributed by atoms with van der Waals surface area (Å²) in [4.78, 5) is 28.6. The lowest BCUT2D eigenvalue weighted by Crippen LogP contribution is -2.54. The van der Waals surface area contributed by atoms with E-state index in [9.17, 15) is 17.6 Å². The van der Waals surface area contributed by atoms with Crippen LogP contribution in [0.2, 0.25) is 0 Å². The van der Waals surface area contributed by atoms with Crippen LogP contribution in [0, 0.1) is 11.6 Å². The number of H-pyrrole nitrogens is 1.